The van der Waals surface area contributed by atoms with Gasteiger partial charge < -0.3 is 10.2 Å². The van der Waals surface area contributed by atoms with Gasteiger partial charge in [0.05, 0.1) is 6.61 Å². The zero-order valence-electron chi connectivity index (χ0n) is 15.7. The molecule has 0 spiro atoms. The number of hydrogen-bond donors (Lipinski definition) is 3. The minimum atomic E-state index is -0.686. The second-order valence-electron chi connectivity index (χ2n) is 6.78. The number of allylic oxidation sites excluding steroid dienone is 2. The van der Waals surface area contributed by atoms with Gasteiger partial charge in [-0.15, -0.1) is 0 Å². The van der Waals surface area contributed by atoms with Crippen LogP contribution in [0.2, 0.25) is 0 Å². The van der Waals surface area contributed by atoms with Crippen molar-refractivity contribution >= 4 is 5.97 Å². The standard InChI is InChI=1S/C20H38O5/c21-18-19(25-24)16-14-12-10-8-6-4-2-1-3-5-7-9-11-13-15-17-20(22)23/h1,3,19,21,24H,2,4-18H2,(H,22,23)/b3-1-. The Kier molecular flexibility index (Phi) is 18.7. The molecule has 0 aliphatic carbocycles. The summed E-state index contributed by atoms with van der Waals surface area (Å²) in [6.45, 7) is -0.118. The molecule has 0 aromatic heterocycles. The van der Waals surface area contributed by atoms with Crippen LogP contribution < -0.4 is 0 Å². The highest BCUT2D eigenvalue weighted by Gasteiger charge is 2.05. The van der Waals surface area contributed by atoms with Crippen LogP contribution in [0, 0.1) is 0 Å². The number of carboxylic acids is 1. The average molecular weight is 359 g/mol. The van der Waals surface area contributed by atoms with Gasteiger partial charge in [-0.05, 0) is 38.5 Å². The Morgan fingerprint density at radius 1 is 0.800 bits per heavy atom. The van der Waals surface area contributed by atoms with E-state index in [4.69, 9.17) is 15.5 Å². The van der Waals surface area contributed by atoms with Crippen LogP contribution in [0.3, 0.4) is 0 Å². The van der Waals surface area contributed by atoms with Crippen molar-refractivity contribution in [1.29, 1.82) is 0 Å². The minimum absolute atomic E-state index is 0.118. The van der Waals surface area contributed by atoms with Gasteiger partial charge in [0.1, 0.15) is 6.10 Å². The van der Waals surface area contributed by atoms with Gasteiger partial charge in [0, 0.05) is 6.42 Å². The van der Waals surface area contributed by atoms with E-state index in [1.807, 2.05) is 0 Å². The monoisotopic (exact) mass is 358 g/mol. The zero-order chi connectivity index (χ0) is 18.6. The molecule has 0 aromatic carbocycles. The lowest BCUT2D eigenvalue weighted by molar-refractivity contribution is -0.286. The van der Waals surface area contributed by atoms with Crippen molar-refractivity contribution in [3.8, 4) is 0 Å². The normalized spacial score (nSPS) is 12.7. The van der Waals surface area contributed by atoms with E-state index in [9.17, 15) is 4.79 Å². The van der Waals surface area contributed by atoms with E-state index in [1.54, 1.807) is 0 Å². The molecule has 1 unspecified atom stereocenters. The molecule has 0 aliphatic rings. The van der Waals surface area contributed by atoms with E-state index >= 15 is 0 Å². The van der Waals surface area contributed by atoms with Gasteiger partial charge in [-0.2, -0.15) is 0 Å². The summed E-state index contributed by atoms with van der Waals surface area (Å²) in [7, 11) is 0. The molecular formula is C20H38O5. The molecule has 0 aromatic rings. The third kappa shape index (κ3) is 19.3. The molecule has 0 fully saturated rings. The predicted octanol–water partition coefficient (Wildman–Crippen LogP) is 5.33. The lowest BCUT2D eigenvalue weighted by Gasteiger charge is -2.09. The van der Waals surface area contributed by atoms with Gasteiger partial charge in [0.2, 0.25) is 0 Å². The summed E-state index contributed by atoms with van der Waals surface area (Å²) in [5, 5.41) is 25.9. The molecule has 0 radical (unpaired) electrons. The maximum atomic E-state index is 10.4. The van der Waals surface area contributed by atoms with E-state index in [2.05, 4.69) is 17.0 Å². The van der Waals surface area contributed by atoms with Gasteiger partial charge in [0.25, 0.3) is 0 Å². The van der Waals surface area contributed by atoms with E-state index in [1.165, 1.54) is 38.5 Å². The van der Waals surface area contributed by atoms with Gasteiger partial charge in [-0.25, -0.2) is 4.89 Å². The fourth-order valence-corrected chi connectivity index (χ4v) is 2.82. The quantitative estimate of drug-likeness (QED) is 0.126. The number of unbranched alkanes of at least 4 members (excludes halogenated alkanes) is 11. The third-order valence-electron chi connectivity index (χ3n) is 4.43. The van der Waals surface area contributed by atoms with Crippen LogP contribution in [0.15, 0.2) is 12.2 Å². The van der Waals surface area contributed by atoms with Crippen LogP contribution in [0.4, 0.5) is 0 Å². The summed E-state index contributed by atoms with van der Waals surface area (Å²) < 4.78 is 0. The van der Waals surface area contributed by atoms with Crippen molar-refractivity contribution < 1.29 is 25.2 Å². The lowest BCUT2D eigenvalue weighted by atomic mass is 10.1. The van der Waals surface area contributed by atoms with Crippen molar-refractivity contribution in [2.45, 2.75) is 102 Å². The molecule has 0 aliphatic heterocycles. The zero-order valence-corrected chi connectivity index (χ0v) is 15.7. The summed E-state index contributed by atoms with van der Waals surface area (Å²) in [6.07, 6.45) is 19.9. The summed E-state index contributed by atoms with van der Waals surface area (Å²) in [5.74, 6) is -0.686. The molecule has 5 nitrogen and oxygen atoms in total. The van der Waals surface area contributed by atoms with Crippen LogP contribution in [0.5, 0.6) is 0 Å². The fourth-order valence-electron chi connectivity index (χ4n) is 2.82. The van der Waals surface area contributed by atoms with Crippen LogP contribution in [-0.2, 0) is 9.68 Å². The highest BCUT2D eigenvalue weighted by molar-refractivity contribution is 5.66. The van der Waals surface area contributed by atoms with Gasteiger partial charge in [0.15, 0.2) is 0 Å². The maximum Gasteiger partial charge on any atom is 0.303 e. The first-order valence-electron chi connectivity index (χ1n) is 9.98. The molecule has 0 saturated heterocycles. The Hall–Kier alpha value is -0.910. The molecule has 5 heteroatoms. The first-order chi connectivity index (χ1) is 12.2. The summed E-state index contributed by atoms with van der Waals surface area (Å²) >= 11 is 0. The summed E-state index contributed by atoms with van der Waals surface area (Å²) in [6, 6.07) is 0. The Balaban J connectivity index is 3.17. The number of rotatable bonds is 19. The molecule has 25 heavy (non-hydrogen) atoms. The Morgan fingerprint density at radius 2 is 1.28 bits per heavy atom. The Morgan fingerprint density at radius 3 is 1.76 bits per heavy atom. The van der Waals surface area contributed by atoms with Gasteiger partial charge in [-0.1, -0.05) is 63.5 Å². The van der Waals surface area contributed by atoms with Crippen LogP contribution in [-0.4, -0.2) is 34.2 Å². The topological polar surface area (TPSA) is 87.0 Å². The number of aliphatic hydroxyl groups excluding tert-OH is 1. The SMILES string of the molecule is O=C(O)CCCCCCC/C=C\CCCCCCCCC(CO)OO. The number of carboxylic acid groups (broad SMARTS) is 1. The smallest absolute Gasteiger partial charge is 0.303 e. The highest BCUT2D eigenvalue weighted by atomic mass is 17.1. The molecule has 0 amide bonds. The maximum absolute atomic E-state index is 10.4. The van der Waals surface area contributed by atoms with E-state index in [0.717, 1.165) is 51.4 Å². The first-order valence-corrected chi connectivity index (χ1v) is 9.98. The van der Waals surface area contributed by atoms with Crippen LogP contribution in [0.25, 0.3) is 0 Å². The van der Waals surface area contributed by atoms with Crippen molar-refractivity contribution in [3.63, 3.8) is 0 Å². The highest BCUT2D eigenvalue weighted by Crippen LogP contribution is 2.12. The average Bonchev–Trinajstić information content (AvgIpc) is 2.60. The van der Waals surface area contributed by atoms with Crippen LogP contribution >= 0.6 is 0 Å². The second kappa shape index (κ2) is 19.4. The van der Waals surface area contributed by atoms with Gasteiger partial charge in [-0.3, -0.25) is 10.1 Å². The molecule has 1 atom stereocenters. The lowest BCUT2D eigenvalue weighted by Crippen LogP contribution is -2.15. The van der Waals surface area contributed by atoms with E-state index < -0.39 is 12.1 Å². The molecular weight excluding hydrogens is 320 g/mol. The summed E-state index contributed by atoms with van der Waals surface area (Å²) in [4.78, 5) is 14.5. The third-order valence-corrected chi connectivity index (χ3v) is 4.43. The van der Waals surface area contributed by atoms with Crippen LogP contribution in [0.1, 0.15) is 96.3 Å². The minimum Gasteiger partial charge on any atom is -0.481 e. The number of aliphatic hydroxyl groups is 1. The molecule has 0 saturated carbocycles. The second-order valence-corrected chi connectivity index (χ2v) is 6.78. The van der Waals surface area contributed by atoms with Crippen molar-refractivity contribution in [2.24, 2.45) is 0 Å². The Bertz CT molecular complexity index is 313. The molecule has 0 rings (SSSR count). The number of carbonyl (C=O) groups is 1. The Labute approximate surface area is 153 Å². The number of hydrogen-bond acceptors (Lipinski definition) is 4. The fraction of sp³-hybridized carbons (Fsp3) is 0.850. The largest absolute Gasteiger partial charge is 0.481 e. The molecule has 3 N–H and O–H groups in total. The molecule has 148 valence electrons. The first kappa shape index (κ1) is 24.1. The number of aliphatic carboxylic acids is 1. The molecule has 0 bridgehead atoms. The van der Waals surface area contributed by atoms with E-state index in [-0.39, 0.29) is 6.61 Å². The van der Waals surface area contributed by atoms with Crippen molar-refractivity contribution in [1.82, 2.24) is 0 Å². The summed E-state index contributed by atoms with van der Waals surface area (Å²) in [5.41, 5.74) is 0. The van der Waals surface area contributed by atoms with E-state index in [0.29, 0.717) is 6.42 Å². The predicted molar refractivity (Wildman–Crippen MR) is 101 cm³/mol. The molecule has 0 heterocycles. The van der Waals surface area contributed by atoms with Crippen molar-refractivity contribution in [3.05, 3.63) is 12.2 Å². The van der Waals surface area contributed by atoms with Gasteiger partial charge >= 0.3 is 5.97 Å². The van der Waals surface area contributed by atoms with Crippen molar-refractivity contribution in [2.75, 3.05) is 6.61 Å².